The van der Waals surface area contributed by atoms with Gasteiger partial charge in [-0.3, -0.25) is 9.59 Å². The number of amides is 2. The predicted molar refractivity (Wildman–Crippen MR) is 76.2 cm³/mol. The van der Waals surface area contributed by atoms with Crippen LogP contribution in [0.15, 0.2) is 0 Å². The molecule has 5 nitrogen and oxygen atoms in total. The molecule has 2 rings (SSSR count). The van der Waals surface area contributed by atoms with Crippen LogP contribution in [0.1, 0.15) is 38.5 Å². The maximum atomic E-state index is 12.2. The zero-order chi connectivity index (χ0) is 14.4. The minimum Gasteiger partial charge on any atom is -0.375 e. The van der Waals surface area contributed by atoms with Gasteiger partial charge in [0.1, 0.15) is 6.61 Å². The number of carbonyl (C=O) groups excluding carboxylic acids is 2. The molecular weight excluding hydrogens is 256 g/mol. The summed E-state index contributed by atoms with van der Waals surface area (Å²) in [5.41, 5.74) is 0. The largest absolute Gasteiger partial charge is 0.375 e. The van der Waals surface area contributed by atoms with Gasteiger partial charge in [0.25, 0.3) is 0 Å². The van der Waals surface area contributed by atoms with E-state index in [0.717, 1.165) is 12.3 Å². The summed E-state index contributed by atoms with van der Waals surface area (Å²) in [5.74, 6) is 1.05. The maximum absolute atomic E-state index is 12.2. The number of rotatable bonds is 5. The van der Waals surface area contributed by atoms with E-state index in [9.17, 15) is 9.59 Å². The second kappa shape index (κ2) is 7.62. The predicted octanol–water partition coefficient (Wildman–Crippen LogP) is 1.27. The molecule has 1 heterocycles. The summed E-state index contributed by atoms with van der Waals surface area (Å²) >= 11 is 0. The SMILES string of the molecule is COCC(=O)N1CCN(C(=O)CCC2CCCC2)CC1. The Bertz CT molecular complexity index is 332. The molecular formula is C15H26N2O3. The van der Waals surface area contributed by atoms with Crippen LogP contribution in [0.5, 0.6) is 0 Å². The van der Waals surface area contributed by atoms with Crippen LogP contribution in [-0.4, -0.2) is 61.5 Å². The van der Waals surface area contributed by atoms with E-state index in [0.29, 0.717) is 32.6 Å². The summed E-state index contributed by atoms with van der Waals surface area (Å²) in [6.07, 6.45) is 6.98. The van der Waals surface area contributed by atoms with Crippen LogP contribution in [0, 0.1) is 5.92 Å². The molecule has 0 unspecified atom stereocenters. The van der Waals surface area contributed by atoms with Crippen molar-refractivity contribution in [2.45, 2.75) is 38.5 Å². The Morgan fingerprint density at radius 3 is 2.10 bits per heavy atom. The highest BCUT2D eigenvalue weighted by Crippen LogP contribution is 2.28. The van der Waals surface area contributed by atoms with E-state index in [1.54, 1.807) is 4.90 Å². The van der Waals surface area contributed by atoms with E-state index in [-0.39, 0.29) is 18.4 Å². The van der Waals surface area contributed by atoms with Crippen molar-refractivity contribution in [2.75, 3.05) is 39.9 Å². The summed E-state index contributed by atoms with van der Waals surface area (Å²) in [4.78, 5) is 27.5. The second-order valence-electron chi connectivity index (χ2n) is 5.88. The van der Waals surface area contributed by atoms with Gasteiger partial charge in [0, 0.05) is 39.7 Å². The highest BCUT2D eigenvalue weighted by atomic mass is 16.5. The van der Waals surface area contributed by atoms with Gasteiger partial charge in [0.05, 0.1) is 0 Å². The number of methoxy groups -OCH3 is 1. The monoisotopic (exact) mass is 282 g/mol. The van der Waals surface area contributed by atoms with Gasteiger partial charge < -0.3 is 14.5 Å². The molecule has 0 aromatic carbocycles. The third kappa shape index (κ3) is 4.20. The molecule has 0 aromatic heterocycles. The van der Waals surface area contributed by atoms with E-state index in [1.807, 2.05) is 4.90 Å². The van der Waals surface area contributed by atoms with Crippen molar-refractivity contribution in [3.05, 3.63) is 0 Å². The molecule has 0 radical (unpaired) electrons. The standard InChI is InChI=1S/C15H26N2O3/c1-20-12-15(19)17-10-8-16(9-11-17)14(18)7-6-13-4-2-3-5-13/h13H,2-12H2,1H3. The van der Waals surface area contributed by atoms with E-state index >= 15 is 0 Å². The number of hydrogen-bond donors (Lipinski definition) is 0. The lowest BCUT2D eigenvalue weighted by molar-refractivity contribution is -0.141. The summed E-state index contributed by atoms with van der Waals surface area (Å²) in [5, 5.41) is 0. The summed E-state index contributed by atoms with van der Waals surface area (Å²) in [6, 6.07) is 0. The normalized spacial score (nSPS) is 20.4. The van der Waals surface area contributed by atoms with Crippen LogP contribution in [0.25, 0.3) is 0 Å². The van der Waals surface area contributed by atoms with Crippen LogP contribution in [-0.2, 0) is 14.3 Å². The van der Waals surface area contributed by atoms with Gasteiger partial charge >= 0.3 is 0 Å². The average Bonchev–Trinajstić information content (AvgIpc) is 2.98. The molecule has 1 saturated heterocycles. The third-order valence-corrected chi connectivity index (χ3v) is 4.49. The molecule has 114 valence electrons. The first-order valence-electron chi connectivity index (χ1n) is 7.75. The molecule has 20 heavy (non-hydrogen) atoms. The molecule has 1 saturated carbocycles. The Kier molecular flexibility index (Phi) is 5.83. The number of nitrogens with zero attached hydrogens (tertiary/aromatic N) is 2. The fourth-order valence-corrected chi connectivity index (χ4v) is 3.20. The summed E-state index contributed by atoms with van der Waals surface area (Å²) in [7, 11) is 1.53. The highest BCUT2D eigenvalue weighted by Gasteiger charge is 2.24. The Morgan fingerprint density at radius 2 is 1.55 bits per heavy atom. The van der Waals surface area contributed by atoms with Gasteiger partial charge in [-0.15, -0.1) is 0 Å². The molecule has 0 bridgehead atoms. The molecule has 0 N–H and O–H groups in total. The molecule has 0 aromatic rings. The quantitative estimate of drug-likeness (QED) is 0.763. The molecule has 0 spiro atoms. The van der Waals surface area contributed by atoms with E-state index in [1.165, 1.54) is 32.8 Å². The summed E-state index contributed by atoms with van der Waals surface area (Å²) in [6.45, 7) is 2.74. The van der Waals surface area contributed by atoms with E-state index < -0.39 is 0 Å². The van der Waals surface area contributed by atoms with Crippen LogP contribution >= 0.6 is 0 Å². The summed E-state index contributed by atoms with van der Waals surface area (Å²) < 4.78 is 4.85. The molecule has 2 amide bonds. The lowest BCUT2D eigenvalue weighted by Crippen LogP contribution is -2.51. The van der Waals surface area contributed by atoms with Crippen LogP contribution in [0.2, 0.25) is 0 Å². The third-order valence-electron chi connectivity index (χ3n) is 4.49. The first-order valence-corrected chi connectivity index (χ1v) is 7.75. The fraction of sp³-hybridized carbons (Fsp3) is 0.867. The van der Waals surface area contributed by atoms with Gasteiger partial charge in [-0.25, -0.2) is 0 Å². The van der Waals surface area contributed by atoms with Crippen molar-refractivity contribution in [1.82, 2.24) is 9.80 Å². The van der Waals surface area contributed by atoms with Crippen LogP contribution < -0.4 is 0 Å². The van der Waals surface area contributed by atoms with Gasteiger partial charge in [0.2, 0.25) is 11.8 Å². The van der Waals surface area contributed by atoms with Gasteiger partial charge in [-0.05, 0) is 12.3 Å². The minimum atomic E-state index is 0.0190. The first kappa shape index (κ1) is 15.3. The zero-order valence-electron chi connectivity index (χ0n) is 12.5. The number of piperazine rings is 1. The lowest BCUT2D eigenvalue weighted by atomic mass is 10.0. The molecule has 5 heteroatoms. The van der Waals surface area contributed by atoms with Gasteiger partial charge in [0.15, 0.2) is 0 Å². The second-order valence-corrected chi connectivity index (χ2v) is 5.88. The Hall–Kier alpha value is -1.10. The van der Waals surface area contributed by atoms with E-state index in [2.05, 4.69) is 0 Å². The van der Waals surface area contributed by atoms with Crippen molar-refractivity contribution in [3.63, 3.8) is 0 Å². The van der Waals surface area contributed by atoms with E-state index in [4.69, 9.17) is 4.74 Å². The zero-order valence-corrected chi connectivity index (χ0v) is 12.5. The molecule has 1 aliphatic carbocycles. The topological polar surface area (TPSA) is 49.9 Å². The van der Waals surface area contributed by atoms with Crippen molar-refractivity contribution < 1.29 is 14.3 Å². The molecule has 0 atom stereocenters. The smallest absolute Gasteiger partial charge is 0.248 e. The average molecular weight is 282 g/mol. The Balaban J connectivity index is 1.67. The number of carbonyl (C=O) groups is 2. The Morgan fingerprint density at radius 1 is 1.00 bits per heavy atom. The Labute approximate surface area is 121 Å². The minimum absolute atomic E-state index is 0.0190. The molecule has 2 fully saturated rings. The van der Waals surface area contributed by atoms with Crippen LogP contribution in [0.4, 0.5) is 0 Å². The molecule has 2 aliphatic rings. The first-order chi connectivity index (χ1) is 9.70. The van der Waals surface area contributed by atoms with Crippen molar-refractivity contribution in [3.8, 4) is 0 Å². The highest BCUT2D eigenvalue weighted by molar-refractivity contribution is 5.79. The fourth-order valence-electron chi connectivity index (χ4n) is 3.20. The van der Waals surface area contributed by atoms with Gasteiger partial charge in [-0.1, -0.05) is 25.7 Å². The van der Waals surface area contributed by atoms with Crippen LogP contribution in [0.3, 0.4) is 0 Å². The number of hydrogen-bond acceptors (Lipinski definition) is 3. The lowest BCUT2D eigenvalue weighted by Gasteiger charge is -2.34. The molecule has 1 aliphatic heterocycles. The van der Waals surface area contributed by atoms with Gasteiger partial charge in [-0.2, -0.15) is 0 Å². The van der Waals surface area contributed by atoms with Crippen molar-refractivity contribution >= 4 is 11.8 Å². The van der Waals surface area contributed by atoms with Crippen molar-refractivity contribution in [1.29, 1.82) is 0 Å². The maximum Gasteiger partial charge on any atom is 0.248 e. The number of ether oxygens (including phenoxy) is 1. The van der Waals surface area contributed by atoms with Crippen molar-refractivity contribution in [2.24, 2.45) is 5.92 Å².